The zero-order valence-corrected chi connectivity index (χ0v) is 10.5. The summed E-state index contributed by atoms with van der Waals surface area (Å²) in [6, 6.07) is 0. The summed E-state index contributed by atoms with van der Waals surface area (Å²) in [5.74, 6) is 0.378. The first-order valence-corrected chi connectivity index (χ1v) is 6.13. The van der Waals surface area contributed by atoms with E-state index >= 15 is 0 Å². The molecule has 7 nitrogen and oxygen atoms in total. The van der Waals surface area contributed by atoms with Crippen molar-refractivity contribution in [3.63, 3.8) is 0 Å². The monoisotopic (exact) mass is 264 g/mol. The topological polar surface area (TPSA) is 106 Å². The number of nitrogens with two attached hydrogens (primary N) is 1. The summed E-state index contributed by atoms with van der Waals surface area (Å²) in [5, 5.41) is 18.9. The van der Waals surface area contributed by atoms with Crippen LogP contribution in [0, 0.1) is 6.92 Å². The fourth-order valence-corrected chi connectivity index (χ4v) is 2.46. The minimum Gasteiger partial charge on any atom is -0.394 e. The number of aryl methyl sites for hydroxylation is 1. The van der Waals surface area contributed by atoms with Gasteiger partial charge in [-0.1, -0.05) is 0 Å². The maximum absolute atomic E-state index is 9.79. The highest BCUT2D eigenvalue weighted by molar-refractivity contribution is 5.87. The second kappa shape index (κ2) is 4.44. The van der Waals surface area contributed by atoms with Gasteiger partial charge in [0.2, 0.25) is 0 Å². The normalized spacial score (nSPS) is 27.2. The van der Waals surface area contributed by atoms with Gasteiger partial charge < -0.3 is 25.3 Å². The summed E-state index contributed by atoms with van der Waals surface area (Å²) in [6.45, 7) is 1.70. The molecule has 0 amide bonds. The number of nitrogen functional groups attached to an aromatic ring is 1. The summed E-state index contributed by atoms with van der Waals surface area (Å²) in [7, 11) is 0. The molecule has 0 saturated carbocycles. The predicted octanol–water partition coefficient (Wildman–Crippen LogP) is -0.0374. The van der Waals surface area contributed by atoms with Gasteiger partial charge in [-0.05, 0) is 12.5 Å². The molecule has 0 aliphatic carbocycles. The van der Waals surface area contributed by atoms with Crippen molar-refractivity contribution in [3.05, 3.63) is 18.1 Å². The summed E-state index contributed by atoms with van der Waals surface area (Å²) in [5.41, 5.74) is 8.31. The van der Waals surface area contributed by atoms with Crippen molar-refractivity contribution in [2.75, 3.05) is 12.3 Å². The van der Waals surface area contributed by atoms with Crippen LogP contribution in [0.4, 0.5) is 5.82 Å². The fraction of sp³-hybridized carbons (Fsp3) is 0.500. The lowest BCUT2D eigenvalue weighted by atomic mass is 10.2. The zero-order valence-electron chi connectivity index (χ0n) is 10.5. The number of rotatable bonds is 2. The molecule has 3 atom stereocenters. The lowest BCUT2D eigenvalue weighted by molar-refractivity contribution is -0.0430. The Morgan fingerprint density at radius 1 is 1.53 bits per heavy atom. The lowest BCUT2D eigenvalue weighted by Gasteiger charge is -2.14. The number of aliphatic hydroxyl groups excluding tert-OH is 2. The number of aliphatic hydroxyl groups is 2. The molecule has 2 aromatic heterocycles. The summed E-state index contributed by atoms with van der Waals surface area (Å²) >= 11 is 0. The molecule has 0 bridgehead atoms. The number of anilines is 1. The fourth-order valence-electron chi connectivity index (χ4n) is 2.46. The standard InChI is InChI=1S/C12H16N4O3/c1-6-3-14-12(13)11-10(6)15-5-16(11)9-2-7(18)8(4-17)19-9/h3,5,7-9,17-18H,2,4H2,1H3,(H2,13,14)/t7-,8+,9+/m0/s1. The average Bonchev–Trinajstić information content (AvgIpc) is 2.97. The highest BCUT2D eigenvalue weighted by Gasteiger charge is 2.35. The Balaban J connectivity index is 2.05. The Hall–Kier alpha value is -1.70. The number of imidazole rings is 1. The van der Waals surface area contributed by atoms with Crippen LogP contribution >= 0.6 is 0 Å². The molecule has 2 aromatic rings. The lowest BCUT2D eigenvalue weighted by Crippen LogP contribution is -2.24. The molecule has 7 heteroatoms. The molecule has 3 heterocycles. The molecule has 1 fully saturated rings. The Morgan fingerprint density at radius 2 is 2.32 bits per heavy atom. The van der Waals surface area contributed by atoms with Crippen LogP contribution in [0.25, 0.3) is 11.0 Å². The average molecular weight is 264 g/mol. The van der Waals surface area contributed by atoms with Gasteiger partial charge in [0.05, 0.1) is 24.6 Å². The molecule has 1 saturated heterocycles. The van der Waals surface area contributed by atoms with Gasteiger partial charge in [0.1, 0.15) is 23.7 Å². The van der Waals surface area contributed by atoms with Gasteiger partial charge in [0.15, 0.2) is 0 Å². The molecule has 0 unspecified atom stereocenters. The second-order valence-electron chi connectivity index (χ2n) is 4.79. The van der Waals surface area contributed by atoms with Crippen LogP contribution in [0.2, 0.25) is 0 Å². The summed E-state index contributed by atoms with van der Waals surface area (Å²) < 4.78 is 7.38. The smallest absolute Gasteiger partial charge is 0.149 e. The highest BCUT2D eigenvalue weighted by Crippen LogP contribution is 2.32. The minimum atomic E-state index is -0.688. The highest BCUT2D eigenvalue weighted by atomic mass is 16.5. The number of aromatic nitrogens is 3. The first-order valence-electron chi connectivity index (χ1n) is 6.13. The van der Waals surface area contributed by atoms with Crippen molar-refractivity contribution in [1.82, 2.24) is 14.5 Å². The zero-order chi connectivity index (χ0) is 13.6. The number of ether oxygens (including phenoxy) is 1. The van der Waals surface area contributed by atoms with Crippen molar-refractivity contribution in [1.29, 1.82) is 0 Å². The van der Waals surface area contributed by atoms with E-state index in [-0.39, 0.29) is 12.8 Å². The van der Waals surface area contributed by atoms with E-state index in [9.17, 15) is 5.11 Å². The molecule has 0 radical (unpaired) electrons. The second-order valence-corrected chi connectivity index (χ2v) is 4.79. The van der Waals surface area contributed by atoms with Crippen LogP contribution in [0.1, 0.15) is 18.2 Å². The maximum Gasteiger partial charge on any atom is 0.149 e. The molecular weight excluding hydrogens is 248 g/mol. The Morgan fingerprint density at radius 3 is 3.00 bits per heavy atom. The van der Waals surface area contributed by atoms with Crippen LogP contribution in [0.5, 0.6) is 0 Å². The van der Waals surface area contributed by atoms with E-state index in [1.54, 1.807) is 17.1 Å². The van der Waals surface area contributed by atoms with Crippen LogP contribution in [-0.2, 0) is 4.74 Å². The first-order chi connectivity index (χ1) is 9.11. The first kappa shape index (κ1) is 12.3. The van der Waals surface area contributed by atoms with Crippen molar-refractivity contribution in [3.8, 4) is 0 Å². The number of pyridine rings is 1. The molecular formula is C12H16N4O3. The number of nitrogens with zero attached hydrogens (tertiary/aromatic N) is 3. The van der Waals surface area contributed by atoms with Gasteiger partial charge in [0.25, 0.3) is 0 Å². The molecule has 102 valence electrons. The molecule has 19 heavy (non-hydrogen) atoms. The van der Waals surface area contributed by atoms with E-state index in [1.165, 1.54) is 0 Å². The van der Waals surface area contributed by atoms with Gasteiger partial charge in [0, 0.05) is 12.6 Å². The third-order valence-electron chi connectivity index (χ3n) is 3.50. The van der Waals surface area contributed by atoms with E-state index in [0.717, 1.165) is 11.1 Å². The maximum atomic E-state index is 9.79. The molecule has 1 aliphatic rings. The van der Waals surface area contributed by atoms with Gasteiger partial charge in [-0.2, -0.15) is 0 Å². The summed E-state index contributed by atoms with van der Waals surface area (Å²) in [4.78, 5) is 8.44. The number of hydrogen-bond donors (Lipinski definition) is 3. The Bertz CT molecular complexity index is 612. The quantitative estimate of drug-likeness (QED) is 0.703. The Kier molecular flexibility index (Phi) is 2.89. The molecule has 3 rings (SSSR count). The van der Waals surface area contributed by atoms with E-state index in [4.69, 9.17) is 15.6 Å². The molecule has 0 aromatic carbocycles. The van der Waals surface area contributed by atoms with E-state index in [0.29, 0.717) is 17.8 Å². The number of fused-ring (bicyclic) bond motifs is 1. The van der Waals surface area contributed by atoms with Gasteiger partial charge in [-0.15, -0.1) is 0 Å². The molecule has 4 N–H and O–H groups in total. The van der Waals surface area contributed by atoms with Gasteiger partial charge in [-0.25, -0.2) is 9.97 Å². The van der Waals surface area contributed by atoms with Crippen LogP contribution in [-0.4, -0.2) is 43.6 Å². The van der Waals surface area contributed by atoms with E-state index < -0.39 is 12.2 Å². The third-order valence-corrected chi connectivity index (χ3v) is 3.50. The Labute approximate surface area is 109 Å². The molecule has 1 aliphatic heterocycles. The van der Waals surface area contributed by atoms with Gasteiger partial charge in [-0.3, -0.25) is 0 Å². The third kappa shape index (κ3) is 1.86. The van der Waals surface area contributed by atoms with Crippen LogP contribution < -0.4 is 5.73 Å². The van der Waals surface area contributed by atoms with Crippen LogP contribution in [0.3, 0.4) is 0 Å². The van der Waals surface area contributed by atoms with Crippen LogP contribution in [0.15, 0.2) is 12.5 Å². The van der Waals surface area contributed by atoms with E-state index in [1.807, 2.05) is 6.92 Å². The van der Waals surface area contributed by atoms with Crippen molar-refractivity contribution < 1.29 is 14.9 Å². The van der Waals surface area contributed by atoms with Gasteiger partial charge >= 0.3 is 0 Å². The van der Waals surface area contributed by atoms with E-state index in [2.05, 4.69) is 9.97 Å². The van der Waals surface area contributed by atoms with Crippen molar-refractivity contribution in [2.24, 2.45) is 0 Å². The van der Waals surface area contributed by atoms with Crippen molar-refractivity contribution >= 4 is 16.9 Å². The SMILES string of the molecule is Cc1cnc(N)c2c1ncn2[C@H]1C[C@H](O)[C@@H](CO)O1. The predicted molar refractivity (Wildman–Crippen MR) is 68.3 cm³/mol. The largest absolute Gasteiger partial charge is 0.394 e. The summed E-state index contributed by atoms with van der Waals surface area (Å²) in [6.07, 6.45) is 2.06. The van der Waals surface area contributed by atoms with Crippen molar-refractivity contribution in [2.45, 2.75) is 31.8 Å². The minimum absolute atomic E-state index is 0.211. The number of hydrogen-bond acceptors (Lipinski definition) is 6. The molecule has 0 spiro atoms.